The van der Waals surface area contributed by atoms with Crippen molar-refractivity contribution in [3.05, 3.63) is 0 Å². The van der Waals surface area contributed by atoms with Crippen LogP contribution in [0.5, 0.6) is 0 Å². The van der Waals surface area contributed by atoms with Crippen LogP contribution in [0.15, 0.2) is 0 Å². The lowest BCUT2D eigenvalue weighted by Crippen LogP contribution is -2.32. The van der Waals surface area contributed by atoms with E-state index in [0.29, 0.717) is 17.6 Å². The number of hydrogen-bond donors (Lipinski definition) is 1. The van der Waals surface area contributed by atoms with Gasteiger partial charge in [0.2, 0.25) is 0 Å². The lowest BCUT2D eigenvalue weighted by molar-refractivity contribution is -0.0625. The molecule has 2 rings (SSSR count). The monoisotopic (exact) mass is 197 g/mol. The highest BCUT2D eigenvalue weighted by molar-refractivity contribution is 5.06. The maximum atomic E-state index is 5.79. The third-order valence-electron chi connectivity index (χ3n) is 3.85. The normalized spacial score (nSPS) is 46.9. The molecular weight excluding hydrogens is 174 g/mol. The minimum Gasteiger partial charge on any atom is -0.376 e. The highest BCUT2D eigenvalue weighted by Crippen LogP contribution is 2.60. The molecule has 2 heteroatoms. The standard InChI is InChI=1S/C12H23NO/c1-4-13-8-11-7-12(11)5-9(2)14-10(3)6-12/h9-11,13H,4-8H2,1-3H3. The van der Waals surface area contributed by atoms with Gasteiger partial charge in [-0.15, -0.1) is 0 Å². The fourth-order valence-electron chi connectivity index (χ4n) is 3.26. The quantitative estimate of drug-likeness (QED) is 0.749. The molecule has 1 spiro atoms. The van der Waals surface area contributed by atoms with Crippen molar-refractivity contribution < 1.29 is 4.74 Å². The van der Waals surface area contributed by atoms with Gasteiger partial charge in [-0.1, -0.05) is 6.92 Å². The van der Waals surface area contributed by atoms with Gasteiger partial charge in [0, 0.05) is 0 Å². The lowest BCUT2D eigenvalue weighted by atomic mass is 9.87. The minimum absolute atomic E-state index is 0.477. The van der Waals surface area contributed by atoms with Gasteiger partial charge in [-0.25, -0.2) is 0 Å². The molecule has 0 amide bonds. The van der Waals surface area contributed by atoms with Crippen LogP contribution < -0.4 is 5.32 Å². The average molecular weight is 197 g/mol. The molecule has 14 heavy (non-hydrogen) atoms. The molecule has 1 aliphatic heterocycles. The Morgan fingerprint density at radius 2 is 1.86 bits per heavy atom. The summed E-state index contributed by atoms with van der Waals surface area (Å²) in [6, 6.07) is 0. The molecule has 1 saturated carbocycles. The first kappa shape index (κ1) is 10.4. The fraction of sp³-hybridized carbons (Fsp3) is 1.00. The molecule has 1 N–H and O–H groups in total. The van der Waals surface area contributed by atoms with E-state index >= 15 is 0 Å². The first-order chi connectivity index (χ1) is 6.66. The zero-order valence-corrected chi connectivity index (χ0v) is 9.68. The molecule has 0 radical (unpaired) electrons. The summed E-state index contributed by atoms with van der Waals surface area (Å²) in [6.07, 6.45) is 4.95. The minimum atomic E-state index is 0.477. The molecule has 2 fully saturated rings. The smallest absolute Gasteiger partial charge is 0.0556 e. The van der Waals surface area contributed by atoms with Crippen molar-refractivity contribution in [2.24, 2.45) is 11.3 Å². The predicted molar refractivity (Wildman–Crippen MR) is 58.3 cm³/mol. The zero-order valence-electron chi connectivity index (χ0n) is 9.68. The molecule has 3 atom stereocenters. The van der Waals surface area contributed by atoms with Crippen molar-refractivity contribution in [1.29, 1.82) is 0 Å². The molecule has 0 aromatic carbocycles. The Kier molecular flexibility index (Phi) is 2.85. The van der Waals surface area contributed by atoms with Crippen LogP contribution in [0.1, 0.15) is 40.0 Å². The van der Waals surface area contributed by atoms with Gasteiger partial charge in [-0.05, 0) is 57.5 Å². The van der Waals surface area contributed by atoms with E-state index in [4.69, 9.17) is 4.74 Å². The molecule has 1 heterocycles. The fourth-order valence-corrected chi connectivity index (χ4v) is 3.26. The van der Waals surface area contributed by atoms with Crippen LogP contribution in [-0.2, 0) is 4.74 Å². The van der Waals surface area contributed by atoms with Crippen LogP contribution in [-0.4, -0.2) is 25.3 Å². The van der Waals surface area contributed by atoms with Gasteiger partial charge in [0.15, 0.2) is 0 Å². The summed E-state index contributed by atoms with van der Waals surface area (Å²) in [5.41, 5.74) is 0.652. The van der Waals surface area contributed by atoms with Crippen molar-refractivity contribution in [1.82, 2.24) is 5.32 Å². The van der Waals surface area contributed by atoms with Gasteiger partial charge in [0.05, 0.1) is 12.2 Å². The van der Waals surface area contributed by atoms with Crippen LogP contribution >= 0.6 is 0 Å². The Bertz CT molecular complexity index is 194. The van der Waals surface area contributed by atoms with E-state index in [0.717, 1.165) is 12.5 Å². The Balaban J connectivity index is 1.86. The molecule has 0 bridgehead atoms. The van der Waals surface area contributed by atoms with Gasteiger partial charge < -0.3 is 10.1 Å². The molecule has 2 nitrogen and oxygen atoms in total. The lowest BCUT2D eigenvalue weighted by Gasteiger charge is -2.33. The molecule has 0 aromatic heterocycles. The van der Waals surface area contributed by atoms with Gasteiger partial charge in [0.25, 0.3) is 0 Å². The summed E-state index contributed by atoms with van der Waals surface area (Å²) in [6.45, 7) is 8.95. The maximum Gasteiger partial charge on any atom is 0.0556 e. The van der Waals surface area contributed by atoms with Crippen LogP contribution in [0, 0.1) is 11.3 Å². The molecule has 0 aromatic rings. The van der Waals surface area contributed by atoms with Crippen molar-refractivity contribution in [2.45, 2.75) is 52.2 Å². The summed E-state index contributed by atoms with van der Waals surface area (Å²) in [4.78, 5) is 0. The maximum absolute atomic E-state index is 5.79. The average Bonchev–Trinajstić information content (AvgIpc) is 2.72. The second-order valence-corrected chi connectivity index (χ2v) is 5.24. The highest BCUT2D eigenvalue weighted by Gasteiger charge is 2.56. The number of rotatable bonds is 3. The van der Waals surface area contributed by atoms with E-state index in [1.165, 1.54) is 25.8 Å². The Morgan fingerprint density at radius 1 is 1.21 bits per heavy atom. The van der Waals surface area contributed by atoms with E-state index < -0.39 is 0 Å². The molecule has 1 saturated heterocycles. The first-order valence-electron chi connectivity index (χ1n) is 6.02. The van der Waals surface area contributed by atoms with Crippen molar-refractivity contribution in [3.8, 4) is 0 Å². The number of ether oxygens (including phenoxy) is 1. The van der Waals surface area contributed by atoms with E-state index in [1.807, 2.05) is 0 Å². The second kappa shape index (κ2) is 3.82. The molecule has 3 unspecified atom stereocenters. The summed E-state index contributed by atoms with van der Waals surface area (Å²) in [5.74, 6) is 0.927. The zero-order chi connectivity index (χ0) is 10.2. The van der Waals surface area contributed by atoms with Crippen LogP contribution in [0.2, 0.25) is 0 Å². The van der Waals surface area contributed by atoms with Crippen molar-refractivity contribution >= 4 is 0 Å². The summed E-state index contributed by atoms with van der Waals surface area (Å²) >= 11 is 0. The topological polar surface area (TPSA) is 21.3 Å². The molecular formula is C12H23NO. The van der Waals surface area contributed by atoms with Gasteiger partial charge >= 0.3 is 0 Å². The Labute approximate surface area is 87.4 Å². The van der Waals surface area contributed by atoms with Crippen LogP contribution in [0.25, 0.3) is 0 Å². The van der Waals surface area contributed by atoms with E-state index in [9.17, 15) is 0 Å². The van der Waals surface area contributed by atoms with Gasteiger partial charge in [-0.2, -0.15) is 0 Å². The van der Waals surface area contributed by atoms with E-state index in [1.54, 1.807) is 0 Å². The van der Waals surface area contributed by atoms with Gasteiger partial charge in [-0.3, -0.25) is 0 Å². The summed E-state index contributed by atoms with van der Waals surface area (Å²) < 4.78 is 5.79. The number of hydrogen-bond acceptors (Lipinski definition) is 2. The third-order valence-corrected chi connectivity index (χ3v) is 3.85. The highest BCUT2D eigenvalue weighted by atomic mass is 16.5. The van der Waals surface area contributed by atoms with Crippen molar-refractivity contribution in [3.63, 3.8) is 0 Å². The largest absolute Gasteiger partial charge is 0.376 e. The Morgan fingerprint density at radius 3 is 2.43 bits per heavy atom. The third kappa shape index (κ3) is 1.96. The van der Waals surface area contributed by atoms with E-state index in [2.05, 4.69) is 26.1 Å². The summed E-state index contributed by atoms with van der Waals surface area (Å²) in [7, 11) is 0. The second-order valence-electron chi connectivity index (χ2n) is 5.24. The van der Waals surface area contributed by atoms with E-state index in [-0.39, 0.29) is 0 Å². The van der Waals surface area contributed by atoms with Crippen molar-refractivity contribution in [2.75, 3.05) is 13.1 Å². The first-order valence-corrected chi connectivity index (χ1v) is 6.02. The molecule has 82 valence electrons. The van der Waals surface area contributed by atoms with Crippen LogP contribution in [0.3, 0.4) is 0 Å². The SMILES string of the molecule is CCNCC1CC12CC(C)OC(C)C2. The molecule has 2 aliphatic rings. The molecule has 1 aliphatic carbocycles. The van der Waals surface area contributed by atoms with Gasteiger partial charge in [0.1, 0.15) is 0 Å². The Hall–Kier alpha value is -0.0800. The summed E-state index contributed by atoms with van der Waals surface area (Å²) in [5, 5.41) is 3.47. The number of nitrogens with one attached hydrogen (secondary N) is 1. The predicted octanol–water partition coefficient (Wildman–Crippen LogP) is 2.19. The van der Waals surface area contributed by atoms with Crippen LogP contribution in [0.4, 0.5) is 0 Å².